The standard InChI is InChI=1S/C17H36N2O2/c1-7-17(14-20,18-8-2)10-9-11-19-12-15(3,4)21-16(5,6)13-19/h18,20H,7-14H2,1-6H3. The van der Waals surface area contributed by atoms with Crippen molar-refractivity contribution in [2.75, 3.05) is 32.8 Å². The van der Waals surface area contributed by atoms with Gasteiger partial charge in [0.25, 0.3) is 0 Å². The summed E-state index contributed by atoms with van der Waals surface area (Å²) in [5.74, 6) is 0. The Labute approximate surface area is 131 Å². The number of hydrogen-bond acceptors (Lipinski definition) is 4. The maximum atomic E-state index is 9.71. The van der Waals surface area contributed by atoms with Gasteiger partial charge in [0.15, 0.2) is 0 Å². The van der Waals surface area contributed by atoms with Gasteiger partial charge in [0.05, 0.1) is 17.8 Å². The van der Waals surface area contributed by atoms with Crippen LogP contribution in [0.25, 0.3) is 0 Å². The number of hydrogen-bond donors (Lipinski definition) is 2. The molecule has 0 amide bonds. The normalized spacial score (nSPS) is 24.7. The van der Waals surface area contributed by atoms with Crippen molar-refractivity contribution in [1.82, 2.24) is 10.2 Å². The van der Waals surface area contributed by atoms with Crippen LogP contribution in [0.3, 0.4) is 0 Å². The van der Waals surface area contributed by atoms with Gasteiger partial charge in [-0.25, -0.2) is 0 Å². The summed E-state index contributed by atoms with van der Waals surface area (Å²) < 4.78 is 6.13. The zero-order valence-electron chi connectivity index (χ0n) is 15.0. The number of rotatable bonds is 8. The maximum Gasteiger partial charge on any atom is 0.0760 e. The number of likely N-dealkylation sites (N-methyl/N-ethyl adjacent to an activating group) is 1. The van der Waals surface area contributed by atoms with Gasteiger partial charge in [0.1, 0.15) is 0 Å². The molecule has 1 saturated heterocycles. The van der Waals surface area contributed by atoms with Crippen molar-refractivity contribution in [1.29, 1.82) is 0 Å². The van der Waals surface area contributed by atoms with Crippen molar-refractivity contribution in [2.24, 2.45) is 0 Å². The lowest BCUT2D eigenvalue weighted by Gasteiger charge is -2.47. The second-order valence-corrected chi connectivity index (χ2v) is 7.76. The lowest BCUT2D eigenvalue weighted by Crippen LogP contribution is -2.57. The number of nitrogens with one attached hydrogen (secondary N) is 1. The first-order valence-corrected chi connectivity index (χ1v) is 8.46. The van der Waals surface area contributed by atoms with Crippen LogP contribution in [0.1, 0.15) is 60.8 Å². The average Bonchev–Trinajstić information content (AvgIpc) is 2.34. The Morgan fingerprint density at radius 3 is 2.14 bits per heavy atom. The molecule has 0 saturated carbocycles. The fourth-order valence-electron chi connectivity index (χ4n) is 3.76. The summed E-state index contributed by atoms with van der Waals surface area (Å²) in [5.41, 5.74) is -0.267. The van der Waals surface area contributed by atoms with E-state index < -0.39 is 0 Å². The molecular weight excluding hydrogens is 264 g/mol. The molecule has 0 bridgehead atoms. The van der Waals surface area contributed by atoms with E-state index in [-0.39, 0.29) is 23.3 Å². The Hall–Kier alpha value is -0.160. The smallest absolute Gasteiger partial charge is 0.0760 e. The quantitative estimate of drug-likeness (QED) is 0.722. The molecule has 1 atom stereocenters. The zero-order valence-corrected chi connectivity index (χ0v) is 15.0. The fraction of sp³-hybridized carbons (Fsp3) is 1.00. The van der Waals surface area contributed by atoms with Crippen LogP contribution in [0.15, 0.2) is 0 Å². The molecule has 1 unspecified atom stereocenters. The van der Waals surface area contributed by atoms with Crippen LogP contribution < -0.4 is 5.32 Å². The van der Waals surface area contributed by atoms with E-state index in [2.05, 4.69) is 51.8 Å². The van der Waals surface area contributed by atoms with E-state index in [4.69, 9.17) is 4.74 Å². The molecule has 1 aliphatic rings. The van der Waals surface area contributed by atoms with E-state index in [9.17, 15) is 5.11 Å². The second-order valence-electron chi connectivity index (χ2n) is 7.76. The molecule has 1 aliphatic heterocycles. The zero-order chi connectivity index (χ0) is 16.1. The second kappa shape index (κ2) is 7.40. The van der Waals surface area contributed by atoms with E-state index in [0.717, 1.165) is 45.4 Å². The van der Waals surface area contributed by atoms with E-state index >= 15 is 0 Å². The number of aliphatic hydroxyl groups is 1. The van der Waals surface area contributed by atoms with Gasteiger partial charge >= 0.3 is 0 Å². The van der Waals surface area contributed by atoms with Gasteiger partial charge in [-0.15, -0.1) is 0 Å². The molecular formula is C17H36N2O2. The SMILES string of the molecule is CCNC(CC)(CO)CCCN1CC(C)(C)OC(C)(C)C1. The summed E-state index contributed by atoms with van der Waals surface area (Å²) in [6.07, 6.45) is 3.09. The minimum Gasteiger partial charge on any atom is -0.394 e. The Bertz CT molecular complexity index is 296. The number of morpholine rings is 1. The van der Waals surface area contributed by atoms with Gasteiger partial charge in [0, 0.05) is 18.6 Å². The number of ether oxygens (including phenoxy) is 1. The van der Waals surface area contributed by atoms with Crippen molar-refractivity contribution in [3.63, 3.8) is 0 Å². The van der Waals surface area contributed by atoms with Gasteiger partial charge in [-0.3, -0.25) is 4.90 Å². The molecule has 21 heavy (non-hydrogen) atoms. The van der Waals surface area contributed by atoms with Crippen LogP contribution >= 0.6 is 0 Å². The fourth-order valence-corrected chi connectivity index (χ4v) is 3.76. The predicted molar refractivity (Wildman–Crippen MR) is 88.7 cm³/mol. The van der Waals surface area contributed by atoms with Crippen molar-refractivity contribution in [2.45, 2.75) is 77.5 Å². The van der Waals surface area contributed by atoms with Gasteiger partial charge in [-0.05, 0) is 60.0 Å². The minimum absolute atomic E-state index is 0.0811. The van der Waals surface area contributed by atoms with Crippen molar-refractivity contribution in [3.05, 3.63) is 0 Å². The molecule has 1 heterocycles. The molecule has 0 spiro atoms. The molecule has 1 rings (SSSR count). The van der Waals surface area contributed by atoms with E-state index in [1.807, 2.05) is 0 Å². The van der Waals surface area contributed by atoms with Gasteiger partial charge in [0.2, 0.25) is 0 Å². The lowest BCUT2D eigenvalue weighted by molar-refractivity contribution is -0.180. The maximum absolute atomic E-state index is 9.71. The van der Waals surface area contributed by atoms with E-state index in [1.54, 1.807) is 0 Å². The van der Waals surface area contributed by atoms with Gasteiger partial charge in [-0.1, -0.05) is 13.8 Å². The molecule has 0 radical (unpaired) electrons. The summed E-state index contributed by atoms with van der Waals surface area (Å²) >= 11 is 0. The molecule has 4 nitrogen and oxygen atoms in total. The van der Waals surface area contributed by atoms with Crippen LogP contribution in [-0.4, -0.2) is 59.5 Å². The molecule has 2 N–H and O–H groups in total. The average molecular weight is 300 g/mol. The third-order valence-electron chi connectivity index (χ3n) is 4.42. The topological polar surface area (TPSA) is 44.7 Å². The Kier molecular flexibility index (Phi) is 6.66. The van der Waals surface area contributed by atoms with Crippen LogP contribution in [0, 0.1) is 0 Å². The van der Waals surface area contributed by atoms with Crippen molar-refractivity contribution >= 4 is 0 Å². The Morgan fingerprint density at radius 1 is 1.14 bits per heavy atom. The summed E-state index contributed by atoms with van der Waals surface area (Å²) in [5, 5.41) is 13.2. The van der Waals surface area contributed by atoms with Crippen LogP contribution in [0.5, 0.6) is 0 Å². The van der Waals surface area contributed by atoms with E-state index in [1.165, 1.54) is 0 Å². The van der Waals surface area contributed by atoms with Crippen LogP contribution in [0.4, 0.5) is 0 Å². The first-order chi connectivity index (χ1) is 9.67. The molecule has 0 aromatic rings. The predicted octanol–water partition coefficient (Wildman–Crippen LogP) is 2.41. The van der Waals surface area contributed by atoms with Crippen molar-refractivity contribution < 1.29 is 9.84 Å². The van der Waals surface area contributed by atoms with E-state index in [0.29, 0.717) is 0 Å². The highest BCUT2D eigenvalue weighted by Crippen LogP contribution is 2.28. The van der Waals surface area contributed by atoms with Crippen LogP contribution in [-0.2, 0) is 4.74 Å². The van der Waals surface area contributed by atoms with Gasteiger partial charge < -0.3 is 15.2 Å². The summed E-state index contributed by atoms with van der Waals surface area (Å²) in [6.45, 7) is 17.1. The molecule has 4 heteroatoms. The first-order valence-electron chi connectivity index (χ1n) is 8.46. The third-order valence-corrected chi connectivity index (χ3v) is 4.42. The molecule has 1 fully saturated rings. The Balaban J connectivity index is 2.51. The first kappa shape index (κ1) is 18.9. The molecule has 126 valence electrons. The highest BCUT2D eigenvalue weighted by atomic mass is 16.5. The molecule has 0 aliphatic carbocycles. The van der Waals surface area contributed by atoms with Crippen molar-refractivity contribution in [3.8, 4) is 0 Å². The summed E-state index contributed by atoms with van der Waals surface area (Å²) in [7, 11) is 0. The summed E-state index contributed by atoms with van der Waals surface area (Å²) in [6, 6.07) is 0. The molecule has 0 aromatic heterocycles. The van der Waals surface area contributed by atoms with Crippen LogP contribution in [0.2, 0.25) is 0 Å². The number of nitrogens with zero attached hydrogens (tertiary/aromatic N) is 1. The number of aliphatic hydroxyl groups excluding tert-OH is 1. The largest absolute Gasteiger partial charge is 0.394 e. The lowest BCUT2D eigenvalue weighted by atomic mass is 9.90. The Morgan fingerprint density at radius 2 is 1.71 bits per heavy atom. The monoisotopic (exact) mass is 300 g/mol. The highest BCUT2D eigenvalue weighted by Gasteiger charge is 2.38. The molecule has 0 aromatic carbocycles. The van der Waals surface area contributed by atoms with Gasteiger partial charge in [-0.2, -0.15) is 0 Å². The summed E-state index contributed by atoms with van der Waals surface area (Å²) in [4.78, 5) is 2.51. The minimum atomic E-state index is -0.105. The highest BCUT2D eigenvalue weighted by molar-refractivity contribution is 4.90. The third kappa shape index (κ3) is 5.85.